The van der Waals surface area contributed by atoms with Crippen LogP contribution in [0.3, 0.4) is 0 Å². The number of hydrogen-bond acceptors (Lipinski definition) is 4. The van der Waals surface area contributed by atoms with Crippen molar-refractivity contribution in [3.05, 3.63) is 60.6 Å². The van der Waals surface area contributed by atoms with Gasteiger partial charge in [-0.3, -0.25) is 9.39 Å². The van der Waals surface area contributed by atoms with Crippen LogP contribution in [0.2, 0.25) is 0 Å². The van der Waals surface area contributed by atoms with Gasteiger partial charge in [0.05, 0.1) is 0 Å². The lowest BCUT2D eigenvalue weighted by Gasteiger charge is -2.21. The van der Waals surface area contributed by atoms with Gasteiger partial charge in [0.2, 0.25) is 0 Å². The first kappa shape index (κ1) is 23.8. The molecular formula is C23H31IN6S. The Morgan fingerprint density at radius 1 is 1.16 bits per heavy atom. The normalized spacial score (nSPS) is 16.5. The molecule has 1 aliphatic rings. The molecule has 3 heterocycles. The Balaban J connectivity index is 0.00000272. The molecule has 1 aliphatic heterocycles. The summed E-state index contributed by atoms with van der Waals surface area (Å²) in [5, 5.41) is 12.0. The van der Waals surface area contributed by atoms with Crippen LogP contribution in [0.25, 0.3) is 5.65 Å². The molecule has 1 fully saturated rings. The van der Waals surface area contributed by atoms with Crippen molar-refractivity contribution in [1.29, 1.82) is 0 Å². The van der Waals surface area contributed by atoms with E-state index in [2.05, 4.69) is 62.1 Å². The predicted molar refractivity (Wildman–Crippen MR) is 140 cm³/mol. The molecular weight excluding hydrogens is 519 g/mol. The molecule has 0 radical (unpaired) electrons. The number of nitrogens with one attached hydrogen (secondary N) is 1. The van der Waals surface area contributed by atoms with Crippen LogP contribution < -0.4 is 5.32 Å². The maximum absolute atomic E-state index is 4.89. The number of aryl methyl sites for hydroxylation is 1. The van der Waals surface area contributed by atoms with E-state index in [0.29, 0.717) is 5.92 Å². The SMILES string of the molecule is CCNC(=NCCCc1nnc2ccccn12)N1CCC(CSc2ccccc2)C1.I. The van der Waals surface area contributed by atoms with Gasteiger partial charge in [0.1, 0.15) is 5.82 Å². The number of aromatic nitrogens is 3. The summed E-state index contributed by atoms with van der Waals surface area (Å²) in [7, 11) is 0. The highest BCUT2D eigenvalue weighted by Crippen LogP contribution is 2.25. The second kappa shape index (κ2) is 12.3. The van der Waals surface area contributed by atoms with Gasteiger partial charge >= 0.3 is 0 Å². The van der Waals surface area contributed by atoms with E-state index in [1.165, 1.54) is 17.1 Å². The van der Waals surface area contributed by atoms with Crippen molar-refractivity contribution in [1.82, 2.24) is 24.8 Å². The molecule has 0 spiro atoms. The average molecular weight is 551 g/mol. The van der Waals surface area contributed by atoms with Gasteiger partial charge in [0.15, 0.2) is 11.6 Å². The number of guanidine groups is 1. The second-order valence-electron chi connectivity index (χ2n) is 7.61. The van der Waals surface area contributed by atoms with Crippen LogP contribution in [0.1, 0.15) is 25.6 Å². The van der Waals surface area contributed by atoms with Gasteiger partial charge < -0.3 is 10.2 Å². The summed E-state index contributed by atoms with van der Waals surface area (Å²) in [6.45, 7) is 6.00. The Bertz CT molecular complexity index is 961. The monoisotopic (exact) mass is 550 g/mol. The summed E-state index contributed by atoms with van der Waals surface area (Å²) >= 11 is 1.96. The van der Waals surface area contributed by atoms with Crippen molar-refractivity contribution >= 4 is 47.3 Å². The highest BCUT2D eigenvalue weighted by molar-refractivity contribution is 14.0. The fraction of sp³-hybridized carbons (Fsp3) is 0.435. The van der Waals surface area contributed by atoms with E-state index < -0.39 is 0 Å². The average Bonchev–Trinajstić information content (AvgIpc) is 3.43. The quantitative estimate of drug-likeness (QED) is 0.149. The number of hydrogen-bond donors (Lipinski definition) is 1. The lowest BCUT2D eigenvalue weighted by molar-refractivity contribution is 0.474. The molecule has 4 rings (SSSR count). The number of fused-ring (bicyclic) bond motifs is 1. The molecule has 1 aromatic carbocycles. The van der Waals surface area contributed by atoms with Crippen LogP contribution in [0.15, 0.2) is 64.6 Å². The lowest BCUT2D eigenvalue weighted by atomic mass is 10.2. The minimum absolute atomic E-state index is 0. The number of benzene rings is 1. The fourth-order valence-electron chi connectivity index (χ4n) is 3.80. The van der Waals surface area contributed by atoms with Gasteiger partial charge in [0, 0.05) is 49.4 Å². The number of likely N-dealkylation sites (tertiary alicyclic amines) is 1. The molecule has 0 amide bonds. The summed E-state index contributed by atoms with van der Waals surface area (Å²) in [6.07, 6.45) is 5.10. The number of rotatable bonds is 8. The van der Waals surface area contributed by atoms with Gasteiger partial charge in [-0.1, -0.05) is 24.3 Å². The molecule has 1 N–H and O–H groups in total. The van der Waals surface area contributed by atoms with E-state index in [1.807, 2.05) is 36.2 Å². The summed E-state index contributed by atoms with van der Waals surface area (Å²) in [5.74, 6) is 3.93. The Hall–Kier alpha value is -1.81. The third-order valence-corrected chi connectivity index (χ3v) is 6.60. The van der Waals surface area contributed by atoms with Gasteiger partial charge in [-0.2, -0.15) is 0 Å². The zero-order valence-electron chi connectivity index (χ0n) is 18.0. The first-order valence-corrected chi connectivity index (χ1v) is 11.8. The van der Waals surface area contributed by atoms with E-state index in [9.17, 15) is 0 Å². The molecule has 1 atom stereocenters. The van der Waals surface area contributed by atoms with Crippen LogP contribution in [-0.2, 0) is 6.42 Å². The first-order valence-electron chi connectivity index (χ1n) is 10.8. The van der Waals surface area contributed by atoms with Crippen molar-refractivity contribution in [2.75, 3.05) is 31.9 Å². The third-order valence-electron chi connectivity index (χ3n) is 5.35. The molecule has 1 unspecified atom stereocenters. The third kappa shape index (κ3) is 6.58. The zero-order valence-corrected chi connectivity index (χ0v) is 21.1. The molecule has 0 bridgehead atoms. The Kier molecular flexibility index (Phi) is 9.45. The minimum Gasteiger partial charge on any atom is -0.357 e. The Labute approximate surface area is 205 Å². The van der Waals surface area contributed by atoms with Gasteiger partial charge in [-0.15, -0.1) is 45.9 Å². The van der Waals surface area contributed by atoms with Crippen molar-refractivity contribution in [3.63, 3.8) is 0 Å². The molecule has 3 aromatic rings. The number of thioether (sulfide) groups is 1. The van der Waals surface area contributed by atoms with E-state index in [0.717, 1.165) is 56.5 Å². The van der Waals surface area contributed by atoms with Crippen LogP contribution in [-0.4, -0.2) is 57.4 Å². The molecule has 1 saturated heterocycles. The number of aliphatic imine (C=N–C) groups is 1. The van der Waals surface area contributed by atoms with E-state index in [-0.39, 0.29) is 24.0 Å². The Morgan fingerprint density at radius 2 is 2.00 bits per heavy atom. The first-order chi connectivity index (χ1) is 14.8. The molecule has 31 heavy (non-hydrogen) atoms. The predicted octanol–water partition coefficient (Wildman–Crippen LogP) is 4.36. The van der Waals surface area contributed by atoms with Crippen molar-refractivity contribution in [3.8, 4) is 0 Å². The fourth-order valence-corrected chi connectivity index (χ4v) is 4.85. The zero-order chi connectivity index (χ0) is 20.6. The highest BCUT2D eigenvalue weighted by atomic mass is 127. The summed E-state index contributed by atoms with van der Waals surface area (Å²) < 4.78 is 2.06. The van der Waals surface area contributed by atoms with E-state index in [4.69, 9.17) is 4.99 Å². The lowest BCUT2D eigenvalue weighted by Crippen LogP contribution is -2.40. The Morgan fingerprint density at radius 3 is 2.84 bits per heavy atom. The van der Waals surface area contributed by atoms with Crippen molar-refractivity contribution < 1.29 is 0 Å². The largest absolute Gasteiger partial charge is 0.357 e. The summed E-state index contributed by atoms with van der Waals surface area (Å²) in [4.78, 5) is 8.68. The highest BCUT2D eigenvalue weighted by Gasteiger charge is 2.24. The van der Waals surface area contributed by atoms with Crippen LogP contribution in [0.4, 0.5) is 0 Å². The van der Waals surface area contributed by atoms with Gasteiger partial charge in [-0.25, -0.2) is 0 Å². The van der Waals surface area contributed by atoms with E-state index >= 15 is 0 Å². The van der Waals surface area contributed by atoms with Crippen LogP contribution in [0, 0.1) is 5.92 Å². The maximum Gasteiger partial charge on any atom is 0.193 e. The maximum atomic E-state index is 4.89. The van der Waals surface area contributed by atoms with Crippen molar-refractivity contribution in [2.45, 2.75) is 31.1 Å². The molecule has 6 nitrogen and oxygen atoms in total. The number of nitrogens with zero attached hydrogens (tertiary/aromatic N) is 5. The molecule has 2 aromatic heterocycles. The summed E-state index contributed by atoms with van der Waals surface area (Å²) in [6, 6.07) is 16.7. The molecule has 0 aliphatic carbocycles. The molecule has 166 valence electrons. The standard InChI is InChI=1S/C23H30N6S.HI/c1-2-24-23(25-14-8-12-22-27-26-21-11-6-7-15-29(21)22)28-16-13-19(17-28)18-30-20-9-4-3-5-10-20;/h3-7,9-11,15,19H,2,8,12-14,16-18H2,1H3,(H,24,25);1H. The molecule has 8 heteroatoms. The van der Waals surface area contributed by atoms with Crippen molar-refractivity contribution in [2.24, 2.45) is 10.9 Å². The van der Waals surface area contributed by atoms with Gasteiger partial charge in [0.25, 0.3) is 0 Å². The van der Waals surface area contributed by atoms with Gasteiger partial charge in [-0.05, 0) is 49.9 Å². The second-order valence-corrected chi connectivity index (χ2v) is 8.70. The smallest absolute Gasteiger partial charge is 0.193 e. The number of halogens is 1. The molecule has 0 saturated carbocycles. The van der Waals surface area contributed by atoms with E-state index in [1.54, 1.807) is 0 Å². The van der Waals surface area contributed by atoms with Crippen LogP contribution in [0.5, 0.6) is 0 Å². The van der Waals surface area contributed by atoms with Crippen LogP contribution >= 0.6 is 35.7 Å². The topological polar surface area (TPSA) is 57.8 Å². The minimum atomic E-state index is 0. The summed E-state index contributed by atoms with van der Waals surface area (Å²) in [5.41, 5.74) is 0.904. The number of pyridine rings is 1.